The Bertz CT molecular complexity index is 465. The maximum absolute atomic E-state index is 5.99. The molecule has 2 rings (SSSR count). The molecule has 1 aromatic carbocycles. The van der Waals surface area contributed by atoms with E-state index in [1.54, 1.807) is 0 Å². The summed E-state index contributed by atoms with van der Waals surface area (Å²) < 4.78 is 5.20. The molecule has 0 bridgehead atoms. The van der Waals surface area contributed by atoms with Crippen LogP contribution in [0.1, 0.15) is 32.2 Å². The Morgan fingerprint density at radius 3 is 2.59 bits per heavy atom. The first-order chi connectivity index (χ1) is 8.16. The van der Waals surface area contributed by atoms with Gasteiger partial charge in [-0.15, -0.1) is 0 Å². The lowest BCUT2D eigenvalue weighted by Gasteiger charge is -2.08. The zero-order valence-electron chi connectivity index (χ0n) is 10.1. The molecule has 90 valence electrons. The van der Waals surface area contributed by atoms with E-state index in [0.717, 1.165) is 12.0 Å². The van der Waals surface area contributed by atoms with Crippen LogP contribution in [0.5, 0.6) is 0 Å². The molecule has 0 aliphatic heterocycles. The Morgan fingerprint density at radius 2 is 1.94 bits per heavy atom. The number of benzene rings is 1. The number of hydrogen-bond acceptors (Lipinski definition) is 4. The van der Waals surface area contributed by atoms with E-state index in [1.807, 2.05) is 30.3 Å². The van der Waals surface area contributed by atoms with Crippen molar-refractivity contribution in [3.63, 3.8) is 0 Å². The number of nitrogens with zero attached hydrogens (tertiary/aromatic N) is 2. The minimum atomic E-state index is -0.181. The van der Waals surface area contributed by atoms with Crippen molar-refractivity contribution in [2.24, 2.45) is 11.7 Å². The Hall–Kier alpha value is -1.68. The third-order valence-corrected chi connectivity index (χ3v) is 2.52. The molecular formula is C13H17N3O. The van der Waals surface area contributed by atoms with Gasteiger partial charge in [-0.1, -0.05) is 49.3 Å². The zero-order chi connectivity index (χ0) is 12.3. The van der Waals surface area contributed by atoms with Crippen molar-refractivity contribution < 1.29 is 4.52 Å². The normalized spacial score (nSPS) is 12.9. The molecule has 1 heterocycles. The van der Waals surface area contributed by atoms with Crippen LogP contribution in [0.3, 0.4) is 0 Å². The summed E-state index contributed by atoms with van der Waals surface area (Å²) in [5.41, 5.74) is 6.93. The van der Waals surface area contributed by atoms with Gasteiger partial charge in [0.1, 0.15) is 0 Å². The Kier molecular flexibility index (Phi) is 3.54. The molecule has 1 aromatic heterocycles. The minimum Gasteiger partial charge on any atom is -0.337 e. The van der Waals surface area contributed by atoms with E-state index in [1.165, 1.54) is 0 Å². The van der Waals surface area contributed by atoms with Gasteiger partial charge >= 0.3 is 0 Å². The molecule has 0 saturated carbocycles. The summed E-state index contributed by atoms with van der Waals surface area (Å²) in [6, 6.07) is 9.55. The highest BCUT2D eigenvalue weighted by atomic mass is 16.5. The first kappa shape index (κ1) is 11.8. The molecule has 2 aromatic rings. The summed E-state index contributed by atoms with van der Waals surface area (Å²) in [4.78, 5) is 4.33. The monoisotopic (exact) mass is 231 g/mol. The highest BCUT2D eigenvalue weighted by molar-refractivity contribution is 5.53. The summed E-state index contributed by atoms with van der Waals surface area (Å²) in [6.45, 7) is 4.24. The largest absolute Gasteiger partial charge is 0.337 e. The van der Waals surface area contributed by atoms with Gasteiger partial charge in [-0.25, -0.2) is 0 Å². The molecule has 0 spiro atoms. The van der Waals surface area contributed by atoms with Crippen molar-refractivity contribution in [2.45, 2.75) is 26.3 Å². The average molecular weight is 231 g/mol. The molecule has 4 heteroatoms. The fourth-order valence-electron chi connectivity index (χ4n) is 1.70. The molecule has 17 heavy (non-hydrogen) atoms. The summed E-state index contributed by atoms with van der Waals surface area (Å²) >= 11 is 0. The van der Waals surface area contributed by atoms with Gasteiger partial charge in [0, 0.05) is 5.56 Å². The van der Waals surface area contributed by atoms with E-state index in [9.17, 15) is 0 Å². The summed E-state index contributed by atoms with van der Waals surface area (Å²) in [5.74, 6) is 1.62. The van der Waals surface area contributed by atoms with E-state index in [2.05, 4.69) is 24.0 Å². The molecule has 4 nitrogen and oxygen atoms in total. The van der Waals surface area contributed by atoms with Crippen LogP contribution in [0.2, 0.25) is 0 Å². The number of nitrogens with two attached hydrogens (primary N) is 1. The average Bonchev–Trinajstić information content (AvgIpc) is 2.78. The fourth-order valence-corrected chi connectivity index (χ4v) is 1.70. The van der Waals surface area contributed by atoms with E-state index >= 15 is 0 Å². The van der Waals surface area contributed by atoms with Gasteiger partial charge in [0.2, 0.25) is 11.7 Å². The van der Waals surface area contributed by atoms with Crippen molar-refractivity contribution in [3.05, 3.63) is 36.2 Å². The van der Waals surface area contributed by atoms with Gasteiger partial charge in [0.05, 0.1) is 6.04 Å². The molecule has 0 fully saturated rings. The second kappa shape index (κ2) is 5.10. The molecule has 0 radical (unpaired) electrons. The van der Waals surface area contributed by atoms with E-state index in [-0.39, 0.29) is 6.04 Å². The summed E-state index contributed by atoms with van der Waals surface area (Å²) in [7, 11) is 0. The zero-order valence-corrected chi connectivity index (χ0v) is 10.1. The molecule has 2 N–H and O–H groups in total. The smallest absolute Gasteiger partial charge is 0.243 e. The number of aromatic nitrogens is 2. The number of hydrogen-bond donors (Lipinski definition) is 1. The van der Waals surface area contributed by atoms with Gasteiger partial charge < -0.3 is 10.3 Å². The first-order valence-electron chi connectivity index (χ1n) is 5.81. The summed E-state index contributed by atoms with van der Waals surface area (Å²) in [6.07, 6.45) is 0.844. The SMILES string of the molecule is CC(C)C[C@H](N)c1nc(-c2ccccc2)no1. The van der Waals surface area contributed by atoms with Crippen LogP contribution in [0.25, 0.3) is 11.4 Å². The predicted octanol–water partition coefficient (Wildman–Crippen LogP) is 2.78. The highest BCUT2D eigenvalue weighted by Crippen LogP contribution is 2.20. The van der Waals surface area contributed by atoms with Gasteiger partial charge in [0.25, 0.3) is 0 Å². The second-order valence-corrected chi connectivity index (χ2v) is 4.56. The van der Waals surface area contributed by atoms with Crippen LogP contribution in [0.4, 0.5) is 0 Å². The van der Waals surface area contributed by atoms with Crippen molar-refractivity contribution in [2.75, 3.05) is 0 Å². The lowest BCUT2D eigenvalue weighted by atomic mass is 10.0. The molecule has 0 amide bonds. The fraction of sp³-hybridized carbons (Fsp3) is 0.385. The lowest BCUT2D eigenvalue weighted by Crippen LogP contribution is -2.13. The van der Waals surface area contributed by atoms with Gasteiger partial charge in [-0.2, -0.15) is 4.98 Å². The van der Waals surface area contributed by atoms with Gasteiger partial charge in [-0.05, 0) is 12.3 Å². The van der Waals surface area contributed by atoms with Crippen LogP contribution in [0, 0.1) is 5.92 Å². The lowest BCUT2D eigenvalue weighted by molar-refractivity contribution is 0.335. The van der Waals surface area contributed by atoms with Crippen molar-refractivity contribution in [1.82, 2.24) is 10.1 Å². The molecule has 1 atom stereocenters. The molecular weight excluding hydrogens is 214 g/mol. The minimum absolute atomic E-state index is 0.181. The van der Waals surface area contributed by atoms with Gasteiger partial charge in [0.15, 0.2) is 0 Å². The highest BCUT2D eigenvalue weighted by Gasteiger charge is 2.16. The standard InChI is InChI=1S/C13H17N3O/c1-9(2)8-11(14)13-15-12(16-17-13)10-6-4-3-5-7-10/h3-7,9,11H,8,14H2,1-2H3/t11-/m0/s1. The molecule has 0 unspecified atom stereocenters. The van der Waals surface area contributed by atoms with Crippen LogP contribution in [-0.4, -0.2) is 10.1 Å². The first-order valence-corrected chi connectivity index (χ1v) is 5.81. The second-order valence-electron chi connectivity index (χ2n) is 4.56. The van der Waals surface area contributed by atoms with Crippen molar-refractivity contribution in [1.29, 1.82) is 0 Å². The molecule has 0 aliphatic rings. The Morgan fingerprint density at radius 1 is 1.24 bits per heavy atom. The Labute approximate surface area is 101 Å². The summed E-state index contributed by atoms with van der Waals surface area (Å²) in [5, 5.41) is 3.95. The molecule has 0 aliphatic carbocycles. The predicted molar refractivity (Wildman–Crippen MR) is 66.1 cm³/mol. The number of rotatable bonds is 4. The van der Waals surface area contributed by atoms with Crippen LogP contribution in [-0.2, 0) is 0 Å². The quantitative estimate of drug-likeness (QED) is 0.878. The van der Waals surface area contributed by atoms with Crippen molar-refractivity contribution >= 4 is 0 Å². The topological polar surface area (TPSA) is 64.9 Å². The third-order valence-electron chi connectivity index (χ3n) is 2.52. The van der Waals surface area contributed by atoms with Crippen LogP contribution < -0.4 is 5.73 Å². The molecule has 0 saturated heterocycles. The van der Waals surface area contributed by atoms with Crippen LogP contribution >= 0.6 is 0 Å². The van der Waals surface area contributed by atoms with Crippen LogP contribution in [0.15, 0.2) is 34.9 Å². The third kappa shape index (κ3) is 2.91. The maximum Gasteiger partial charge on any atom is 0.243 e. The van der Waals surface area contributed by atoms with Gasteiger partial charge in [-0.3, -0.25) is 0 Å². The van der Waals surface area contributed by atoms with Crippen molar-refractivity contribution in [3.8, 4) is 11.4 Å². The van der Waals surface area contributed by atoms with E-state index in [0.29, 0.717) is 17.6 Å². The van der Waals surface area contributed by atoms with E-state index < -0.39 is 0 Å². The Balaban J connectivity index is 2.16. The maximum atomic E-state index is 5.99. The van der Waals surface area contributed by atoms with E-state index in [4.69, 9.17) is 10.3 Å².